The largest absolute Gasteiger partial charge is 0.505 e. The maximum absolute atomic E-state index is 13.4. The highest BCUT2D eigenvalue weighted by Crippen LogP contribution is 2.37. The van der Waals surface area contributed by atoms with Crippen LogP contribution in [0.1, 0.15) is 28.4 Å². The quantitative estimate of drug-likeness (QED) is 0.371. The molecule has 2 heterocycles. The number of fused-ring (bicyclic) bond motifs is 3. The molecule has 0 bridgehead atoms. The van der Waals surface area contributed by atoms with Gasteiger partial charge in [-0.25, -0.2) is 13.6 Å². The molecule has 8 nitrogen and oxygen atoms in total. The summed E-state index contributed by atoms with van der Waals surface area (Å²) in [5.74, 6) is -3.45. The summed E-state index contributed by atoms with van der Waals surface area (Å²) in [5, 5.41) is 21.9. The van der Waals surface area contributed by atoms with Crippen molar-refractivity contribution in [3.05, 3.63) is 81.4 Å². The van der Waals surface area contributed by atoms with Crippen molar-refractivity contribution in [2.24, 2.45) is 0 Å². The maximum atomic E-state index is 13.4. The minimum Gasteiger partial charge on any atom is -0.505 e. The summed E-state index contributed by atoms with van der Waals surface area (Å²) in [6.07, 6.45) is -4.71. The van der Waals surface area contributed by atoms with Crippen LogP contribution < -0.4 is 10.9 Å². The highest BCUT2D eigenvalue weighted by molar-refractivity contribution is 6.00. The maximum Gasteiger partial charge on any atom is 0.416 e. The number of rotatable bonds is 5. The number of hydrogen-bond donors (Lipinski definition) is 3. The van der Waals surface area contributed by atoms with Crippen LogP contribution in [-0.2, 0) is 17.5 Å². The first-order chi connectivity index (χ1) is 16.4. The summed E-state index contributed by atoms with van der Waals surface area (Å²) >= 11 is 0. The summed E-state index contributed by atoms with van der Waals surface area (Å²) in [7, 11) is 0. The van der Waals surface area contributed by atoms with Gasteiger partial charge in [-0.05, 0) is 48.9 Å². The fourth-order valence-electron chi connectivity index (χ4n) is 3.67. The molecular weight excluding hydrogens is 474 g/mol. The van der Waals surface area contributed by atoms with Gasteiger partial charge in [0.05, 0.1) is 17.6 Å². The predicted molar refractivity (Wildman–Crippen MR) is 116 cm³/mol. The third-order valence-electron chi connectivity index (χ3n) is 5.47. The van der Waals surface area contributed by atoms with E-state index < -0.39 is 52.3 Å². The number of carboxylic acid groups (broad SMARTS) is 1. The molecule has 0 saturated heterocycles. The SMILES string of the molecule is C[C@H](NC(=O)c1cc2c(O)c3ccc(C(F)(F)F)cc3n2n(Cc2ccc(F)cc2)c1=O)C(=O)O. The number of carbonyl (C=O) groups excluding carboxylic acids is 1. The Kier molecular flexibility index (Phi) is 5.75. The van der Waals surface area contributed by atoms with E-state index in [9.17, 15) is 37.1 Å². The summed E-state index contributed by atoms with van der Waals surface area (Å²) in [6.45, 7) is 0.877. The molecule has 0 unspecified atom stereocenters. The Morgan fingerprint density at radius 2 is 1.71 bits per heavy atom. The molecule has 1 amide bonds. The monoisotopic (exact) mass is 491 g/mol. The lowest BCUT2D eigenvalue weighted by molar-refractivity contribution is -0.139. The number of aromatic nitrogens is 2. The lowest BCUT2D eigenvalue weighted by Crippen LogP contribution is -2.42. The van der Waals surface area contributed by atoms with Crippen LogP contribution in [-0.4, -0.2) is 37.3 Å². The summed E-state index contributed by atoms with van der Waals surface area (Å²) in [5.41, 5.74) is -2.47. The van der Waals surface area contributed by atoms with E-state index in [0.717, 1.165) is 45.6 Å². The van der Waals surface area contributed by atoms with Crippen LogP contribution in [0.25, 0.3) is 16.4 Å². The number of carboxylic acids is 1. The van der Waals surface area contributed by atoms with Crippen molar-refractivity contribution in [2.75, 3.05) is 0 Å². The second kappa shape index (κ2) is 8.46. The number of aromatic hydroxyl groups is 1. The zero-order valence-electron chi connectivity index (χ0n) is 17.9. The van der Waals surface area contributed by atoms with Gasteiger partial charge in [0.25, 0.3) is 11.5 Å². The fourth-order valence-corrected chi connectivity index (χ4v) is 3.67. The molecule has 0 spiro atoms. The van der Waals surface area contributed by atoms with Gasteiger partial charge in [0, 0.05) is 5.39 Å². The van der Waals surface area contributed by atoms with Gasteiger partial charge < -0.3 is 15.5 Å². The molecular formula is C23H17F4N3O5. The molecule has 0 aliphatic heterocycles. The lowest BCUT2D eigenvalue weighted by atomic mass is 10.1. The van der Waals surface area contributed by atoms with E-state index in [1.165, 1.54) is 19.1 Å². The molecule has 0 radical (unpaired) electrons. The third-order valence-corrected chi connectivity index (χ3v) is 5.47. The van der Waals surface area contributed by atoms with E-state index in [4.69, 9.17) is 5.11 Å². The van der Waals surface area contributed by atoms with Crippen molar-refractivity contribution in [1.29, 1.82) is 0 Å². The number of amides is 1. The van der Waals surface area contributed by atoms with Crippen LogP contribution in [0.2, 0.25) is 0 Å². The molecule has 0 fully saturated rings. The number of alkyl halides is 3. The highest BCUT2D eigenvalue weighted by Gasteiger charge is 2.32. The van der Waals surface area contributed by atoms with Crippen molar-refractivity contribution < 1.29 is 37.4 Å². The van der Waals surface area contributed by atoms with Gasteiger partial charge in [0.2, 0.25) is 0 Å². The van der Waals surface area contributed by atoms with E-state index in [0.29, 0.717) is 5.56 Å². The summed E-state index contributed by atoms with van der Waals surface area (Å²) < 4.78 is 55.4. The first-order valence-electron chi connectivity index (χ1n) is 10.1. The second-order valence-corrected chi connectivity index (χ2v) is 7.86. The van der Waals surface area contributed by atoms with Crippen molar-refractivity contribution in [1.82, 2.24) is 14.5 Å². The van der Waals surface area contributed by atoms with Crippen LogP contribution in [0.4, 0.5) is 17.6 Å². The van der Waals surface area contributed by atoms with Crippen molar-refractivity contribution in [2.45, 2.75) is 25.7 Å². The number of hydrogen-bond acceptors (Lipinski definition) is 4. The Morgan fingerprint density at radius 3 is 2.31 bits per heavy atom. The normalized spacial score (nSPS) is 12.7. The van der Waals surface area contributed by atoms with E-state index in [1.807, 2.05) is 0 Å². The average Bonchev–Trinajstić information content (AvgIpc) is 3.07. The molecule has 4 aromatic rings. The van der Waals surface area contributed by atoms with Gasteiger partial charge in [-0.3, -0.25) is 14.4 Å². The number of halogens is 4. The minimum absolute atomic E-state index is 0.0123. The fraction of sp³-hybridized carbons (Fsp3) is 0.174. The molecule has 12 heteroatoms. The first kappa shape index (κ1) is 23.8. The Labute approximate surface area is 193 Å². The Bertz CT molecular complexity index is 1540. The standard InChI is InChI=1S/C23H17F4N3O5/c1-11(22(34)35)28-20(32)16-9-18-19(31)15-7-4-13(23(25,26)27)8-17(15)30(18)29(21(16)33)10-12-2-5-14(24)6-3-12/h2-9,11,31H,10H2,1H3,(H,28,32)(H,34,35)/t11-/m0/s1. The Hall–Kier alpha value is -4.35. The van der Waals surface area contributed by atoms with E-state index in [-0.39, 0.29) is 23.0 Å². The van der Waals surface area contributed by atoms with Crippen molar-refractivity contribution >= 4 is 28.3 Å². The number of aliphatic carboxylic acids is 1. The first-order valence-corrected chi connectivity index (χ1v) is 10.1. The molecule has 4 rings (SSSR count). The molecule has 2 aromatic heterocycles. The van der Waals surface area contributed by atoms with Crippen molar-refractivity contribution in [3.63, 3.8) is 0 Å². The number of benzene rings is 2. The van der Waals surface area contributed by atoms with Gasteiger partial charge in [-0.1, -0.05) is 12.1 Å². The molecule has 0 aliphatic rings. The van der Waals surface area contributed by atoms with Crippen LogP contribution in [0, 0.1) is 5.82 Å². The Balaban J connectivity index is 2.03. The number of nitrogens with one attached hydrogen (secondary N) is 1. The second-order valence-electron chi connectivity index (χ2n) is 7.86. The Morgan fingerprint density at radius 1 is 1.06 bits per heavy atom. The zero-order valence-corrected chi connectivity index (χ0v) is 17.9. The van der Waals surface area contributed by atoms with Gasteiger partial charge in [0.15, 0.2) is 5.75 Å². The van der Waals surface area contributed by atoms with E-state index >= 15 is 0 Å². The molecule has 182 valence electrons. The van der Waals surface area contributed by atoms with Crippen molar-refractivity contribution in [3.8, 4) is 5.75 Å². The van der Waals surface area contributed by atoms with Crippen LogP contribution in [0.5, 0.6) is 5.75 Å². The molecule has 1 atom stereocenters. The average molecular weight is 491 g/mol. The molecule has 2 aromatic carbocycles. The molecule has 0 aliphatic carbocycles. The minimum atomic E-state index is -4.71. The van der Waals surface area contributed by atoms with E-state index in [1.54, 1.807) is 0 Å². The number of carbonyl (C=O) groups is 2. The topological polar surface area (TPSA) is 113 Å². The summed E-state index contributed by atoms with van der Waals surface area (Å²) in [6, 6.07) is 7.14. The van der Waals surface area contributed by atoms with Crippen LogP contribution in [0.3, 0.4) is 0 Å². The van der Waals surface area contributed by atoms with Gasteiger partial charge >= 0.3 is 12.1 Å². The highest BCUT2D eigenvalue weighted by atomic mass is 19.4. The number of nitrogens with zero attached hydrogens (tertiary/aromatic N) is 2. The summed E-state index contributed by atoms with van der Waals surface area (Å²) in [4.78, 5) is 37.2. The molecule has 3 N–H and O–H groups in total. The van der Waals surface area contributed by atoms with Gasteiger partial charge in [-0.2, -0.15) is 13.2 Å². The zero-order chi connectivity index (χ0) is 25.7. The smallest absolute Gasteiger partial charge is 0.416 e. The van der Waals surface area contributed by atoms with Gasteiger partial charge in [-0.15, -0.1) is 0 Å². The molecule has 0 saturated carbocycles. The predicted octanol–water partition coefficient (Wildman–Crippen LogP) is 3.37. The van der Waals surface area contributed by atoms with Crippen LogP contribution >= 0.6 is 0 Å². The van der Waals surface area contributed by atoms with Gasteiger partial charge in [0.1, 0.15) is 22.9 Å². The van der Waals surface area contributed by atoms with Crippen LogP contribution in [0.15, 0.2) is 53.3 Å². The third kappa shape index (κ3) is 4.29. The van der Waals surface area contributed by atoms with E-state index in [2.05, 4.69) is 5.32 Å². The molecule has 35 heavy (non-hydrogen) atoms. The lowest BCUT2D eigenvalue weighted by Gasteiger charge is -2.15.